The van der Waals surface area contributed by atoms with Gasteiger partial charge in [-0.25, -0.2) is 12.8 Å². The van der Waals surface area contributed by atoms with Gasteiger partial charge in [-0.2, -0.15) is 4.31 Å². The molecule has 2 rings (SSSR count). The number of sulfonamides is 1. The molecule has 1 fully saturated rings. The smallest absolute Gasteiger partial charge is 0.243 e. The Morgan fingerprint density at radius 1 is 1.45 bits per heavy atom. The second-order valence-electron chi connectivity index (χ2n) is 5.57. The first-order valence-electron chi connectivity index (χ1n) is 6.75. The average Bonchev–Trinajstić information content (AvgIpc) is 2.89. The van der Waals surface area contributed by atoms with E-state index < -0.39 is 22.4 Å². The highest BCUT2D eigenvalue weighted by Gasteiger charge is 2.34. The third-order valence-corrected chi connectivity index (χ3v) is 5.89. The quantitative estimate of drug-likeness (QED) is 0.925. The molecule has 0 aromatic heterocycles. The van der Waals surface area contributed by atoms with E-state index in [2.05, 4.69) is 13.8 Å². The number of halogens is 1. The summed E-state index contributed by atoms with van der Waals surface area (Å²) in [5.74, 6) is 0.135. The topological polar surface area (TPSA) is 57.6 Å². The number of rotatable bonds is 4. The lowest BCUT2D eigenvalue weighted by atomic mass is 9.96. The fraction of sp³-hybridized carbons (Fsp3) is 0.571. The Hall–Kier alpha value is -0.980. The highest BCUT2D eigenvalue weighted by Crippen LogP contribution is 2.30. The summed E-state index contributed by atoms with van der Waals surface area (Å²) in [5, 5.41) is 9.25. The molecule has 0 radical (unpaired) electrons. The summed E-state index contributed by atoms with van der Waals surface area (Å²) >= 11 is 0. The van der Waals surface area contributed by atoms with Crippen LogP contribution in [-0.4, -0.2) is 30.9 Å². The standard InChI is InChI=1S/C14H20FNO3S/c1-10(2)11-5-6-16(8-11)20(18,19)14-7-13(15)4-3-12(14)9-17/h3-4,7,10-11,17H,5-6,8-9H2,1-2H3. The third-order valence-electron chi connectivity index (χ3n) is 3.95. The van der Waals surface area contributed by atoms with E-state index >= 15 is 0 Å². The fourth-order valence-corrected chi connectivity index (χ4v) is 4.29. The summed E-state index contributed by atoms with van der Waals surface area (Å²) in [6.45, 7) is 4.63. The first kappa shape index (κ1) is 15.4. The molecule has 6 heteroatoms. The van der Waals surface area contributed by atoms with Crippen LogP contribution in [0.2, 0.25) is 0 Å². The molecule has 1 saturated heterocycles. The molecule has 1 aliphatic rings. The number of benzene rings is 1. The molecule has 0 amide bonds. The lowest BCUT2D eigenvalue weighted by Gasteiger charge is -2.19. The second-order valence-corrected chi connectivity index (χ2v) is 7.47. The zero-order valence-electron chi connectivity index (χ0n) is 11.7. The van der Waals surface area contributed by atoms with Gasteiger partial charge in [0, 0.05) is 13.1 Å². The van der Waals surface area contributed by atoms with Gasteiger partial charge in [-0.3, -0.25) is 0 Å². The molecule has 1 N–H and O–H groups in total. The van der Waals surface area contributed by atoms with Gasteiger partial charge >= 0.3 is 0 Å². The maximum absolute atomic E-state index is 13.3. The van der Waals surface area contributed by atoms with E-state index in [1.807, 2.05) is 0 Å². The fourth-order valence-electron chi connectivity index (χ4n) is 2.55. The molecule has 1 unspecified atom stereocenters. The van der Waals surface area contributed by atoms with Crippen molar-refractivity contribution in [1.82, 2.24) is 4.31 Å². The molecule has 1 heterocycles. The van der Waals surface area contributed by atoms with Crippen molar-refractivity contribution in [3.63, 3.8) is 0 Å². The molecule has 112 valence electrons. The largest absolute Gasteiger partial charge is 0.392 e. The molecule has 0 spiro atoms. The van der Waals surface area contributed by atoms with E-state index in [9.17, 15) is 17.9 Å². The zero-order valence-corrected chi connectivity index (χ0v) is 12.5. The maximum atomic E-state index is 13.3. The summed E-state index contributed by atoms with van der Waals surface area (Å²) in [7, 11) is -3.74. The van der Waals surface area contributed by atoms with Crippen LogP contribution >= 0.6 is 0 Å². The summed E-state index contributed by atoms with van der Waals surface area (Å²) < 4.78 is 39.9. The summed E-state index contributed by atoms with van der Waals surface area (Å²) in [4.78, 5) is -0.121. The van der Waals surface area contributed by atoms with E-state index in [0.29, 0.717) is 24.9 Å². The zero-order chi connectivity index (χ0) is 14.9. The predicted octanol–water partition coefficient (Wildman–Crippen LogP) is 1.98. The Bertz CT molecular complexity index is 586. The Kier molecular flexibility index (Phi) is 4.46. The van der Waals surface area contributed by atoms with E-state index in [-0.39, 0.29) is 10.5 Å². The maximum Gasteiger partial charge on any atom is 0.243 e. The number of hydrogen-bond donors (Lipinski definition) is 1. The van der Waals surface area contributed by atoms with Crippen molar-refractivity contribution < 1.29 is 17.9 Å². The normalized spacial score (nSPS) is 20.8. The van der Waals surface area contributed by atoms with Gasteiger partial charge in [-0.05, 0) is 36.0 Å². The van der Waals surface area contributed by atoms with Gasteiger partial charge in [0.05, 0.1) is 11.5 Å². The Balaban J connectivity index is 2.34. The van der Waals surface area contributed by atoms with Crippen molar-refractivity contribution in [1.29, 1.82) is 0 Å². The monoisotopic (exact) mass is 301 g/mol. The van der Waals surface area contributed by atoms with E-state index in [0.717, 1.165) is 18.6 Å². The highest BCUT2D eigenvalue weighted by molar-refractivity contribution is 7.89. The summed E-state index contributed by atoms with van der Waals surface area (Å²) in [5.41, 5.74) is 0.236. The van der Waals surface area contributed by atoms with Crippen LogP contribution in [0.15, 0.2) is 23.1 Å². The van der Waals surface area contributed by atoms with Gasteiger partial charge in [-0.15, -0.1) is 0 Å². The van der Waals surface area contributed by atoms with Gasteiger partial charge in [0.25, 0.3) is 0 Å². The number of aliphatic hydroxyl groups excluding tert-OH is 1. The van der Waals surface area contributed by atoms with Crippen LogP contribution in [0.25, 0.3) is 0 Å². The van der Waals surface area contributed by atoms with Gasteiger partial charge in [0.1, 0.15) is 5.82 Å². The summed E-state index contributed by atoms with van der Waals surface area (Å²) in [6.07, 6.45) is 0.820. The van der Waals surface area contributed by atoms with E-state index in [1.165, 1.54) is 10.4 Å². The SMILES string of the molecule is CC(C)C1CCN(S(=O)(=O)c2cc(F)ccc2CO)C1. The van der Waals surface area contributed by atoms with Crippen molar-refractivity contribution in [2.45, 2.75) is 31.8 Å². The molecule has 20 heavy (non-hydrogen) atoms. The lowest BCUT2D eigenvalue weighted by Crippen LogP contribution is -2.30. The first-order valence-corrected chi connectivity index (χ1v) is 8.19. The van der Waals surface area contributed by atoms with E-state index in [4.69, 9.17) is 0 Å². The van der Waals surface area contributed by atoms with Crippen LogP contribution in [0.3, 0.4) is 0 Å². The molecule has 0 bridgehead atoms. The van der Waals surface area contributed by atoms with Crippen molar-refractivity contribution >= 4 is 10.0 Å². The average molecular weight is 301 g/mol. The third kappa shape index (κ3) is 2.87. The highest BCUT2D eigenvalue weighted by atomic mass is 32.2. The number of nitrogens with zero attached hydrogens (tertiary/aromatic N) is 1. The van der Waals surface area contributed by atoms with Crippen LogP contribution in [0.1, 0.15) is 25.8 Å². The molecule has 1 aromatic carbocycles. The van der Waals surface area contributed by atoms with Crippen LogP contribution in [-0.2, 0) is 16.6 Å². The van der Waals surface area contributed by atoms with Crippen LogP contribution in [0.5, 0.6) is 0 Å². The number of aliphatic hydroxyl groups is 1. The Morgan fingerprint density at radius 3 is 2.70 bits per heavy atom. The first-order chi connectivity index (χ1) is 9.36. The molecule has 0 aliphatic carbocycles. The Labute approximate surface area is 119 Å². The molecule has 1 atom stereocenters. The van der Waals surface area contributed by atoms with Crippen LogP contribution in [0.4, 0.5) is 4.39 Å². The lowest BCUT2D eigenvalue weighted by molar-refractivity contribution is 0.278. The van der Waals surface area contributed by atoms with Crippen molar-refractivity contribution in [2.24, 2.45) is 11.8 Å². The van der Waals surface area contributed by atoms with Gasteiger partial charge in [0.15, 0.2) is 0 Å². The van der Waals surface area contributed by atoms with Crippen LogP contribution < -0.4 is 0 Å². The van der Waals surface area contributed by atoms with E-state index in [1.54, 1.807) is 0 Å². The van der Waals surface area contributed by atoms with Crippen molar-refractivity contribution in [3.8, 4) is 0 Å². The number of hydrogen-bond acceptors (Lipinski definition) is 3. The molecule has 4 nitrogen and oxygen atoms in total. The predicted molar refractivity (Wildman–Crippen MR) is 74.0 cm³/mol. The second kappa shape index (κ2) is 5.79. The van der Waals surface area contributed by atoms with Crippen LogP contribution in [0, 0.1) is 17.7 Å². The minimum Gasteiger partial charge on any atom is -0.392 e. The molecular weight excluding hydrogens is 281 g/mol. The summed E-state index contributed by atoms with van der Waals surface area (Å²) in [6, 6.07) is 3.47. The minimum absolute atomic E-state index is 0.121. The minimum atomic E-state index is -3.74. The molecule has 0 saturated carbocycles. The van der Waals surface area contributed by atoms with Gasteiger partial charge < -0.3 is 5.11 Å². The van der Waals surface area contributed by atoms with Crippen molar-refractivity contribution in [3.05, 3.63) is 29.6 Å². The van der Waals surface area contributed by atoms with Gasteiger partial charge in [0.2, 0.25) is 10.0 Å². The Morgan fingerprint density at radius 2 is 2.15 bits per heavy atom. The molecule has 1 aliphatic heterocycles. The van der Waals surface area contributed by atoms with Gasteiger partial charge in [-0.1, -0.05) is 19.9 Å². The molecule has 1 aromatic rings. The molecular formula is C14H20FNO3S. The van der Waals surface area contributed by atoms with Crippen molar-refractivity contribution in [2.75, 3.05) is 13.1 Å².